The molecule has 0 aromatic heterocycles. The van der Waals surface area contributed by atoms with E-state index in [4.69, 9.17) is 0 Å². The molecule has 12 heavy (non-hydrogen) atoms. The van der Waals surface area contributed by atoms with Crippen LogP contribution in [0.1, 0.15) is 54.4 Å². The molecule has 0 aromatic rings. The summed E-state index contributed by atoms with van der Waals surface area (Å²) in [5.74, 6) is 1.83. The fourth-order valence-electron chi connectivity index (χ4n) is 1.09. The van der Waals surface area contributed by atoms with Crippen molar-refractivity contribution in [2.75, 3.05) is 0 Å². The lowest BCUT2D eigenvalue weighted by molar-refractivity contribution is 0.380. The Kier molecular flexibility index (Phi) is 12.8. The van der Waals surface area contributed by atoms with E-state index >= 15 is 0 Å². The van der Waals surface area contributed by atoms with E-state index in [1.165, 1.54) is 12.8 Å². The quantitative estimate of drug-likeness (QED) is 0.464. The first-order valence-corrected chi connectivity index (χ1v) is 5.45. The zero-order chi connectivity index (χ0) is 9.98. The van der Waals surface area contributed by atoms with E-state index in [1.807, 2.05) is 27.7 Å². The van der Waals surface area contributed by atoms with Crippen LogP contribution >= 0.6 is 0 Å². The van der Waals surface area contributed by atoms with Crippen LogP contribution in [0.2, 0.25) is 0 Å². The Labute approximate surface area is 79.1 Å². The van der Waals surface area contributed by atoms with Crippen LogP contribution in [0.25, 0.3) is 0 Å². The normalized spacial score (nSPS) is 26.2. The van der Waals surface area contributed by atoms with E-state index < -0.39 is 0 Å². The smallest absolute Gasteiger partial charge is 0.0322 e. The van der Waals surface area contributed by atoms with Crippen molar-refractivity contribution in [3.8, 4) is 0 Å². The van der Waals surface area contributed by atoms with Crippen LogP contribution in [0, 0.1) is 11.8 Å². The standard InChI is InChI=1S/C8H14.2C2H6/c1-7-5-3-4-6-8(7)2;2*1-2/h3-4,7-8H,5-6H2,1-2H3;2*1-2H3. The molecule has 74 valence electrons. The van der Waals surface area contributed by atoms with Crippen LogP contribution in [-0.2, 0) is 0 Å². The van der Waals surface area contributed by atoms with Gasteiger partial charge in [-0.3, -0.25) is 0 Å². The Morgan fingerprint density at radius 1 is 0.750 bits per heavy atom. The minimum Gasteiger partial charge on any atom is -0.0883 e. The summed E-state index contributed by atoms with van der Waals surface area (Å²) in [6, 6.07) is 0. The molecular weight excluding hydrogens is 144 g/mol. The summed E-state index contributed by atoms with van der Waals surface area (Å²) in [5, 5.41) is 0. The van der Waals surface area contributed by atoms with Crippen molar-refractivity contribution in [2.45, 2.75) is 54.4 Å². The molecule has 0 aromatic carbocycles. The molecule has 0 spiro atoms. The van der Waals surface area contributed by atoms with Crippen LogP contribution < -0.4 is 0 Å². The second-order valence-corrected chi connectivity index (χ2v) is 2.90. The fourth-order valence-corrected chi connectivity index (χ4v) is 1.09. The second-order valence-electron chi connectivity index (χ2n) is 2.90. The van der Waals surface area contributed by atoms with Crippen LogP contribution in [-0.4, -0.2) is 0 Å². The van der Waals surface area contributed by atoms with Crippen molar-refractivity contribution in [3.63, 3.8) is 0 Å². The Hall–Kier alpha value is -0.260. The van der Waals surface area contributed by atoms with Gasteiger partial charge in [0.1, 0.15) is 0 Å². The first-order chi connectivity index (χ1) is 5.80. The Morgan fingerprint density at radius 3 is 1.17 bits per heavy atom. The molecule has 1 aliphatic rings. The summed E-state index contributed by atoms with van der Waals surface area (Å²) < 4.78 is 0. The zero-order valence-corrected chi connectivity index (χ0v) is 9.72. The summed E-state index contributed by atoms with van der Waals surface area (Å²) >= 11 is 0. The topological polar surface area (TPSA) is 0 Å². The minimum atomic E-state index is 0.917. The summed E-state index contributed by atoms with van der Waals surface area (Å²) in [5.41, 5.74) is 0. The van der Waals surface area contributed by atoms with Gasteiger partial charge in [0.15, 0.2) is 0 Å². The molecule has 0 nitrogen and oxygen atoms in total. The molecule has 0 N–H and O–H groups in total. The molecule has 0 aliphatic heterocycles. The van der Waals surface area contributed by atoms with E-state index in [9.17, 15) is 0 Å². The van der Waals surface area contributed by atoms with Crippen LogP contribution in [0.3, 0.4) is 0 Å². The molecule has 0 saturated heterocycles. The number of rotatable bonds is 0. The molecule has 1 rings (SSSR count). The molecule has 0 radical (unpaired) electrons. The predicted molar refractivity (Wildman–Crippen MR) is 59.4 cm³/mol. The fraction of sp³-hybridized carbons (Fsp3) is 0.833. The number of hydrogen-bond acceptors (Lipinski definition) is 0. The van der Waals surface area contributed by atoms with E-state index in [-0.39, 0.29) is 0 Å². The molecule has 2 unspecified atom stereocenters. The summed E-state index contributed by atoms with van der Waals surface area (Å²) in [4.78, 5) is 0. The highest BCUT2D eigenvalue weighted by Crippen LogP contribution is 2.23. The van der Waals surface area contributed by atoms with Gasteiger partial charge in [0, 0.05) is 0 Å². The minimum absolute atomic E-state index is 0.917. The first-order valence-electron chi connectivity index (χ1n) is 5.45. The maximum atomic E-state index is 2.33. The molecule has 1 aliphatic carbocycles. The van der Waals surface area contributed by atoms with Crippen LogP contribution in [0.4, 0.5) is 0 Å². The van der Waals surface area contributed by atoms with Gasteiger partial charge in [-0.25, -0.2) is 0 Å². The van der Waals surface area contributed by atoms with Gasteiger partial charge in [0.25, 0.3) is 0 Å². The lowest BCUT2D eigenvalue weighted by Crippen LogP contribution is -2.08. The third-order valence-electron chi connectivity index (χ3n) is 2.15. The van der Waals surface area contributed by atoms with E-state index in [2.05, 4.69) is 26.0 Å². The number of allylic oxidation sites excluding steroid dienone is 2. The average molecular weight is 170 g/mol. The lowest BCUT2D eigenvalue weighted by Gasteiger charge is -2.19. The van der Waals surface area contributed by atoms with Gasteiger partial charge in [-0.1, -0.05) is 53.7 Å². The first kappa shape index (κ1) is 14.3. The van der Waals surface area contributed by atoms with E-state index in [0.29, 0.717) is 0 Å². The highest BCUT2D eigenvalue weighted by atomic mass is 14.2. The summed E-state index contributed by atoms with van der Waals surface area (Å²) in [6.45, 7) is 12.7. The van der Waals surface area contributed by atoms with Gasteiger partial charge in [-0.15, -0.1) is 0 Å². The molecule has 0 bridgehead atoms. The Bertz CT molecular complexity index is 80.2. The molecule has 0 heteroatoms. The van der Waals surface area contributed by atoms with Gasteiger partial charge in [0.05, 0.1) is 0 Å². The van der Waals surface area contributed by atoms with Crippen molar-refractivity contribution >= 4 is 0 Å². The van der Waals surface area contributed by atoms with Crippen molar-refractivity contribution in [3.05, 3.63) is 12.2 Å². The van der Waals surface area contributed by atoms with Gasteiger partial charge < -0.3 is 0 Å². The van der Waals surface area contributed by atoms with Crippen molar-refractivity contribution in [1.82, 2.24) is 0 Å². The SMILES string of the molecule is CC.CC.CC1CC=CCC1C. The predicted octanol–water partition coefficient (Wildman–Crippen LogP) is 4.66. The zero-order valence-electron chi connectivity index (χ0n) is 9.72. The van der Waals surface area contributed by atoms with Crippen LogP contribution in [0.5, 0.6) is 0 Å². The molecular formula is C12H26. The second kappa shape index (κ2) is 10.7. The van der Waals surface area contributed by atoms with Gasteiger partial charge in [-0.05, 0) is 24.7 Å². The number of hydrogen-bond donors (Lipinski definition) is 0. The van der Waals surface area contributed by atoms with Crippen LogP contribution in [0.15, 0.2) is 12.2 Å². The monoisotopic (exact) mass is 170 g/mol. The average Bonchev–Trinajstić information content (AvgIpc) is 2.17. The molecule has 0 fully saturated rings. The molecule has 0 heterocycles. The highest BCUT2D eigenvalue weighted by molar-refractivity contribution is 4.91. The third-order valence-corrected chi connectivity index (χ3v) is 2.15. The summed E-state index contributed by atoms with van der Waals surface area (Å²) in [7, 11) is 0. The summed E-state index contributed by atoms with van der Waals surface area (Å²) in [6.07, 6.45) is 7.18. The van der Waals surface area contributed by atoms with Crippen molar-refractivity contribution < 1.29 is 0 Å². The third kappa shape index (κ3) is 6.45. The Balaban J connectivity index is 0. The van der Waals surface area contributed by atoms with Gasteiger partial charge in [0.2, 0.25) is 0 Å². The van der Waals surface area contributed by atoms with Crippen molar-refractivity contribution in [2.24, 2.45) is 11.8 Å². The van der Waals surface area contributed by atoms with E-state index in [0.717, 1.165) is 11.8 Å². The van der Waals surface area contributed by atoms with Gasteiger partial charge in [-0.2, -0.15) is 0 Å². The molecule has 2 atom stereocenters. The maximum Gasteiger partial charge on any atom is -0.0322 e. The largest absolute Gasteiger partial charge is 0.0883 e. The van der Waals surface area contributed by atoms with Crippen molar-refractivity contribution in [1.29, 1.82) is 0 Å². The molecule has 0 saturated carbocycles. The van der Waals surface area contributed by atoms with Gasteiger partial charge >= 0.3 is 0 Å². The maximum absolute atomic E-state index is 2.33. The highest BCUT2D eigenvalue weighted by Gasteiger charge is 2.11. The molecule has 0 amide bonds. The lowest BCUT2D eigenvalue weighted by atomic mass is 9.86. The Morgan fingerprint density at radius 2 is 1.00 bits per heavy atom. The van der Waals surface area contributed by atoms with E-state index in [1.54, 1.807) is 0 Å².